The van der Waals surface area contributed by atoms with E-state index < -0.39 is 51.5 Å². The molecule has 7 aliphatic rings. The predicted molar refractivity (Wildman–Crippen MR) is 236 cm³/mol. The molecule has 8 rings (SSSR count). The zero-order chi connectivity index (χ0) is 41.5. The zero-order valence-corrected chi connectivity index (χ0v) is 37.6. The molecule has 5 fully saturated rings. The Morgan fingerprint density at radius 1 is 0.864 bits per heavy atom. The van der Waals surface area contributed by atoms with Crippen LogP contribution in [0.4, 0.5) is 0 Å². The maximum Gasteiger partial charge on any atom is 0.331 e. The monoisotopic (exact) mass is 846 g/mol. The minimum absolute atomic E-state index is 0.117. The fourth-order valence-electron chi connectivity index (χ4n) is 14.2. The van der Waals surface area contributed by atoms with E-state index in [1.54, 1.807) is 6.08 Å². The lowest BCUT2D eigenvalue weighted by Gasteiger charge is -2.72. The lowest BCUT2D eigenvalue weighted by Crippen LogP contribution is -2.79. The number of ether oxygens (including phenoxy) is 2. The van der Waals surface area contributed by atoms with Gasteiger partial charge in [-0.1, -0.05) is 104 Å². The molecule has 1 spiro atoms. The number of hydrogen-bond acceptors (Lipinski definition) is 9. The van der Waals surface area contributed by atoms with Gasteiger partial charge in [0.05, 0.1) is 34.1 Å². The third-order valence-electron chi connectivity index (χ3n) is 17.3. The first-order valence-electron chi connectivity index (χ1n) is 23.3. The summed E-state index contributed by atoms with van der Waals surface area (Å²) < 4.78 is 12.5. The predicted octanol–water partition coefficient (Wildman–Crippen LogP) is 9.65. The Labute approximate surface area is 361 Å². The van der Waals surface area contributed by atoms with Gasteiger partial charge in [0.2, 0.25) is 0 Å². The van der Waals surface area contributed by atoms with E-state index in [1.165, 1.54) is 12.0 Å². The highest BCUT2D eigenvalue weighted by molar-refractivity contribution is 8.76. The van der Waals surface area contributed by atoms with Crippen LogP contribution in [0, 0.1) is 63.1 Å². The minimum atomic E-state index is -1.68. The summed E-state index contributed by atoms with van der Waals surface area (Å²) in [6.07, 6.45) is 13.8. The van der Waals surface area contributed by atoms with Crippen molar-refractivity contribution in [3.8, 4) is 11.8 Å². The number of cyclic esters (lactones) is 1. The highest BCUT2D eigenvalue weighted by Crippen LogP contribution is 2.72. The summed E-state index contributed by atoms with van der Waals surface area (Å²) in [4.78, 5) is 27.7. The molecule has 59 heavy (non-hydrogen) atoms. The van der Waals surface area contributed by atoms with E-state index in [0.717, 1.165) is 94.1 Å². The maximum absolute atomic E-state index is 15.4. The Balaban J connectivity index is 1.30. The third-order valence-corrected chi connectivity index (χ3v) is 19.9. The summed E-state index contributed by atoms with van der Waals surface area (Å²) in [5.74, 6) is 9.29. The quantitative estimate of drug-likeness (QED) is 0.146. The molecule has 9 heteroatoms. The van der Waals surface area contributed by atoms with E-state index in [2.05, 4.69) is 56.0 Å². The van der Waals surface area contributed by atoms with Gasteiger partial charge in [-0.25, -0.2) is 4.79 Å². The molecule has 12 atom stereocenters. The number of aliphatic hydroxyl groups excluding tert-OH is 2. The lowest BCUT2D eigenvalue weighted by molar-refractivity contribution is -0.339. The Hall–Kier alpha value is -1.96. The van der Waals surface area contributed by atoms with E-state index in [1.807, 2.05) is 28.5 Å². The van der Waals surface area contributed by atoms with E-state index in [9.17, 15) is 20.1 Å². The number of hydrogen-bond donors (Lipinski definition) is 3. The molecule has 4 bridgehead atoms. The summed E-state index contributed by atoms with van der Waals surface area (Å²) in [6, 6.07) is 10.8. The second kappa shape index (κ2) is 17.7. The fraction of sp³-hybridized carbons (Fsp3) is 0.760. The first kappa shape index (κ1) is 43.7. The van der Waals surface area contributed by atoms with E-state index in [-0.39, 0.29) is 30.9 Å². The second-order valence-electron chi connectivity index (χ2n) is 20.7. The molecule has 3 aliphatic heterocycles. The Bertz CT molecular complexity index is 1770. The first-order valence-corrected chi connectivity index (χ1v) is 25.8. The van der Waals surface area contributed by atoms with E-state index in [4.69, 9.17) is 9.47 Å². The third kappa shape index (κ3) is 7.89. The molecule has 4 saturated carbocycles. The van der Waals surface area contributed by atoms with Crippen molar-refractivity contribution in [1.29, 1.82) is 0 Å². The minimum Gasteiger partial charge on any atom is -0.462 e. The average molecular weight is 847 g/mol. The van der Waals surface area contributed by atoms with Crippen molar-refractivity contribution in [3.05, 3.63) is 47.5 Å². The summed E-state index contributed by atoms with van der Waals surface area (Å²) >= 11 is 0. The molecule has 1 saturated heterocycles. The van der Waals surface area contributed by atoms with Crippen LogP contribution in [-0.4, -0.2) is 69.3 Å². The van der Waals surface area contributed by atoms with Crippen LogP contribution in [0.2, 0.25) is 0 Å². The number of rotatable bonds is 6. The Morgan fingerprint density at radius 3 is 2.36 bits per heavy atom. The van der Waals surface area contributed by atoms with Crippen molar-refractivity contribution in [3.63, 3.8) is 0 Å². The number of aliphatic hydroxyl groups is 3. The molecule has 1 aromatic carbocycles. The fourth-order valence-corrected chi connectivity index (χ4v) is 17.1. The summed E-state index contributed by atoms with van der Waals surface area (Å²) in [5.41, 5.74) is -3.25. The number of benzene rings is 1. The van der Waals surface area contributed by atoms with E-state index >= 15 is 4.79 Å². The van der Waals surface area contributed by atoms with Gasteiger partial charge < -0.3 is 24.8 Å². The van der Waals surface area contributed by atoms with Crippen molar-refractivity contribution in [2.75, 3.05) is 18.1 Å². The lowest BCUT2D eigenvalue weighted by atomic mass is 9.35. The van der Waals surface area contributed by atoms with Gasteiger partial charge in [0.1, 0.15) is 12.7 Å². The molecule has 3 heterocycles. The number of fused-ring (bicyclic) bond motifs is 2. The molecule has 0 aromatic heterocycles. The summed E-state index contributed by atoms with van der Waals surface area (Å²) in [5, 5.41) is 40.7. The molecule has 0 radical (unpaired) electrons. The second-order valence-corrected chi connectivity index (χ2v) is 23.2. The molecule has 1 aromatic rings. The van der Waals surface area contributed by atoms with Crippen LogP contribution < -0.4 is 0 Å². The average Bonchev–Trinajstić information content (AvgIpc) is 3.67. The van der Waals surface area contributed by atoms with Crippen molar-refractivity contribution in [1.82, 2.24) is 0 Å². The van der Waals surface area contributed by atoms with Gasteiger partial charge in [-0.3, -0.25) is 4.79 Å². The van der Waals surface area contributed by atoms with Gasteiger partial charge in [-0.05, 0) is 124 Å². The van der Waals surface area contributed by atoms with Crippen molar-refractivity contribution in [2.45, 2.75) is 167 Å². The van der Waals surface area contributed by atoms with Crippen LogP contribution in [0.15, 0.2) is 42.0 Å². The molecule has 324 valence electrons. The SMILES string of the molecule is CC1CCC(O)C23C(O)CCC(C)(C4CCCCC4)C2C2CC(C)(C#CCC4(CCCCC4CSSCC(Cc4ccccc4)C1)C(=O)O2)C3(O)CCC1=CC(=O)OC1. The van der Waals surface area contributed by atoms with Gasteiger partial charge in [-0.2, -0.15) is 0 Å². The maximum atomic E-state index is 15.4. The highest BCUT2D eigenvalue weighted by atomic mass is 33.1. The number of esters is 2. The molecule has 4 aliphatic carbocycles. The van der Waals surface area contributed by atoms with Gasteiger partial charge in [-0.15, -0.1) is 5.92 Å². The van der Waals surface area contributed by atoms with Crippen LogP contribution >= 0.6 is 21.6 Å². The largest absolute Gasteiger partial charge is 0.462 e. The van der Waals surface area contributed by atoms with Crippen LogP contribution in [0.5, 0.6) is 0 Å². The molecule has 0 amide bonds. The number of carbonyl (C=O) groups excluding carboxylic acids is 2. The smallest absolute Gasteiger partial charge is 0.331 e. The van der Waals surface area contributed by atoms with Crippen molar-refractivity contribution in [2.24, 2.45) is 51.2 Å². The molecule has 3 N–H and O–H groups in total. The summed E-state index contributed by atoms with van der Waals surface area (Å²) in [6.45, 7) is 6.86. The first-order chi connectivity index (χ1) is 28.3. The molecule has 7 nitrogen and oxygen atoms in total. The zero-order valence-electron chi connectivity index (χ0n) is 35.9. The van der Waals surface area contributed by atoms with Crippen molar-refractivity contribution >= 4 is 33.5 Å². The van der Waals surface area contributed by atoms with Gasteiger partial charge in [0.15, 0.2) is 0 Å². The Kier molecular flexibility index (Phi) is 13.1. The standard InChI is InChI=1S/C50H70O7S2/c1-34-18-19-41(51)50-42(52)21-25-47(3,38-15-8-5-9-16-38)44(50)40-30-46(2,49(50,55)26-20-36-29-43(53)56-31-36)22-12-24-48(45(54)57-40)23-11-10-17-39(48)33-59-58-32-37(27-34)28-35-13-6-4-7-14-35/h4,6-7,13-14,29,34,37-42,44,51-52,55H,5,8-11,15-21,23-28,30-33H2,1-3H3. The van der Waals surface area contributed by atoms with Crippen molar-refractivity contribution < 1.29 is 34.4 Å². The van der Waals surface area contributed by atoms with Crippen LogP contribution in [0.1, 0.15) is 142 Å². The molecule has 12 unspecified atom stereocenters. The van der Waals surface area contributed by atoms with E-state index in [0.29, 0.717) is 49.9 Å². The Morgan fingerprint density at radius 2 is 1.59 bits per heavy atom. The number of carbonyl (C=O) groups is 2. The van der Waals surface area contributed by atoms with Crippen LogP contribution in [0.25, 0.3) is 0 Å². The molecular formula is C50H70O7S2. The summed E-state index contributed by atoms with van der Waals surface area (Å²) in [7, 11) is 3.86. The van der Waals surface area contributed by atoms with Gasteiger partial charge >= 0.3 is 11.9 Å². The normalized spacial score (nSPS) is 43.4. The molecular weight excluding hydrogens is 777 g/mol. The van der Waals surface area contributed by atoms with Gasteiger partial charge in [0.25, 0.3) is 0 Å². The van der Waals surface area contributed by atoms with Gasteiger partial charge in [0, 0.05) is 36.3 Å². The van der Waals surface area contributed by atoms with Crippen LogP contribution in [0.3, 0.4) is 0 Å². The highest BCUT2D eigenvalue weighted by Gasteiger charge is 2.78. The topological polar surface area (TPSA) is 113 Å². The van der Waals surface area contributed by atoms with Crippen LogP contribution in [-0.2, 0) is 25.5 Å².